The molecule has 0 aliphatic rings. The topological polar surface area (TPSA) is 98.0 Å². The van der Waals surface area contributed by atoms with Gasteiger partial charge < -0.3 is 0 Å². The second-order valence-electron chi connectivity index (χ2n) is 3.54. The first-order valence-corrected chi connectivity index (χ1v) is 7.28. The Labute approximate surface area is 117 Å². The molecule has 0 spiro atoms. The van der Waals surface area contributed by atoms with Gasteiger partial charge in [0.15, 0.2) is 5.82 Å². The van der Waals surface area contributed by atoms with Crippen molar-refractivity contribution in [2.24, 2.45) is 5.14 Å². The van der Waals surface area contributed by atoms with Crippen LogP contribution >= 0.6 is 15.9 Å². The van der Waals surface area contributed by atoms with Crippen molar-refractivity contribution < 1.29 is 12.8 Å². The van der Waals surface area contributed by atoms with E-state index in [1.54, 1.807) is 24.3 Å². The summed E-state index contributed by atoms with van der Waals surface area (Å²) in [4.78, 5) is 7.09. The normalized spacial score (nSPS) is 11.3. The molecule has 9 heteroatoms. The second-order valence-corrected chi connectivity index (χ2v) is 5.75. The molecule has 3 N–H and O–H groups in total. The number of aromatic nitrogens is 2. The summed E-state index contributed by atoms with van der Waals surface area (Å²) in [5.74, 6) is -1.05. The largest absolute Gasteiger partial charge is 0.297 e. The summed E-state index contributed by atoms with van der Waals surface area (Å²) in [6, 6.07) is 6.56. The molecule has 0 radical (unpaired) electrons. The summed E-state index contributed by atoms with van der Waals surface area (Å²) in [5, 5.41) is 4.86. The maximum atomic E-state index is 13.8. The Hall–Kier alpha value is -1.58. The minimum Gasteiger partial charge on any atom is -0.254 e. The highest BCUT2D eigenvalue weighted by Gasteiger charge is 2.16. The van der Waals surface area contributed by atoms with Crippen LogP contribution in [0.5, 0.6) is 0 Å². The standard InChI is InChI=1S/C10H8BrFN4O2S/c11-7-3-1-6(2-4-7)8-9(12)14-5-15-10(8)16-19(13,17)18/h1-5H,(H2,13,17,18)(H,14,15,16). The molecule has 1 heterocycles. The van der Waals surface area contributed by atoms with Gasteiger partial charge in [-0.1, -0.05) is 28.1 Å². The Balaban J connectivity index is 2.58. The maximum Gasteiger partial charge on any atom is 0.297 e. The van der Waals surface area contributed by atoms with Crippen molar-refractivity contribution in [2.45, 2.75) is 0 Å². The van der Waals surface area contributed by atoms with E-state index in [4.69, 9.17) is 5.14 Å². The van der Waals surface area contributed by atoms with Gasteiger partial charge in [0.1, 0.15) is 6.33 Å². The molecule has 1 aromatic heterocycles. The lowest BCUT2D eigenvalue weighted by Crippen LogP contribution is -2.23. The van der Waals surface area contributed by atoms with Crippen LogP contribution in [0.15, 0.2) is 35.1 Å². The molecule has 6 nitrogen and oxygen atoms in total. The monoisotopic (exact) mass is 346 g/mol. The van der Waals surface area contributed by atoms with Crippen molar-refractivity contribution in [3.8, 4) is 11.1 Å². The fourth-order valence-corrected chi connectivity index (χ4v) is 2.14. The first-order valence-electron chi connectivity index (χ1n) is 4.94. The van der Waals surface area contributed by atoms with E-state index in [2.05, 4.69) is 25.9 Å². The van der Waals surface area contributed by atoms with Crippen molar-refractivity contribution in [1.82, 2.24) is 9.97 Å². The van der Waals surface area contributed by atoms with Crippen LogP contribution in [0, 0.1) is 5.95 Å². The number of anilines is 1. The summed E-state index contributed by atoms with van der Waals surface area (Å²) >= 11 is 3.25. The fourth-order valence-electron chi connectivity index (χ4n) is 1.45. The Morgan fingerprint density at radius 3 is 2.42 bits per heavy atom. The van der Waals surface area contributed by atoms with Crippen LogP contribution in [0.2, 0.25) is 0 Å². The summed E-state index contributed by atoms with van der Waals surface area (Å²) in [5.41, 5.74) is 0.358. The van der Waals surface area contributed by atoms with Crippen LogP contribution < -0.4 is 9.86 Å². The lowest BCUT2D eigenvalue weighted by molar-refractivity contribution is 0.584. The van der Waals surface area contributed by atoms with Gasteiger partial charge in [-0.25, -0.2) is 15.1 Å². The smallest absolute Gasteiger partial charge is 0.254 e. The molecular weight excluding hydrogens is 339 g/mol. The zero-order valence-corrected chi connectivity index (χ0v) is 11.7. The molecule has 0 saturated carbocycles. The quantitative estimate of drug-likeness (QED) is 0.825. The number of hydrogen-bond acceptors (Lipinski definition) is 4. The molecule has 2 rings (SSSR count). The van der Waals surface area contributed by atoms with Crippen LogP contribution in [0.4, 0.5) is 10.2 Å². The lowest BCUT2D eigenvalue weighted by atomic mass is 10.1. The van der Waals surface area contributed by atoms with Crippen LogP contribution in [0.1, 0.15) is 0 Å². The van der Waals surface area contributed by atoms with Crippen LogP contribution in [-0.4, -0.2) is 18.4 Å². The summed E-state index contributed by atoms with van der Waals surface area (Å²) in [6.45, 7) is 0. The molecule has 100 valence electrons. The number of rotatable bonds is 3. The highest BCUT2D eigenvalue weighted by molar-refractivity contribution is 9.10. The molecular formula is C10H8BrFN4O2S. The molecule has 0 amide bonds. The van der Waals surface area contributed by atoms with E-state index in [1.165, 1.54) is 0 Å². The van der Waals surface area contributed by atoms with E-state index in [0.717, 1.165) is 10.8 Å². The summed E-state index contributed by atoms with van der Waals surface area (Å²) in [7, 11) is -4.05. The van der Waals surface area contributed by atoms with Crippen molar-refractivity contribution in [1.29, 1.82) is 0 Å². The Morgan fingerprint density at radius 2 is 1.84 bits per heavy atom. The molecule has 0 fully saturated rings. The Kier molecular flexibility index (Phi) is 3.78. The van der Waals surface area contributed by atoms with Gasteiger partial charge in [-0.2, -0.15) is 12.8 Å². The van der Waals surface area contributed by atoms with Crippen molar-refractivity contribution >= 4 is 32.0 Å². The Bertz CT molecular complexity index is 706. The van der Waals surface area contributed by atoms with E-state index in [9.17, 15) is 12.8 Å². The van der Waals surface area contributed by atoms with Gasteiger partial charge in [0.25, 0.3) is 10.2 Å². The van der Waals surface area contributed by atoms with Gasteiger partial charge in [0.05, 0.1) is 5.56 Å². The second kappa shape index (κ2) is 5.19. The lowest BCUT2D eigenvalue weighted by Gasteiger charge is -2.09. The molecule has 2 aromatic rings. The van der Waals surface area contributed by atoms with Crippen LogP contribution in [-0.2, 0) is 10.2 Å². The summed E-state index contributed by atoms with van der Waals surface area (Å²) < 4.78 is 38.6. The Morgan fingerprint density at radius 1 is 1.21 bits per heavy atom. The SMILES string of the molecule is NS(=O)(=O)Nc1ncnc(F)c1-c1ccc(Br)cc1. The minimum atomic E-state index is -4.05. The van der Waals surface area contributed by atoms with Gasteiger partial charge in [-0.3, -0.25) is 4.72 Å². The molecule has 0 unspecified atom stereocenters. The van der Waals surface area contributed by atoms with Gasteiger partial charge in [0.2, 0.25) is 5.95 Å². The molecule has 0 saturated heterocycles. The predicted molar refractivity (Wildman–Crippen MR) is 71.9 cm³/mol. The van der Waals surface area contributed by atoms with Gasteiger partial charge in [-0.05, 0) is 17.7 Å². The zero-order valence-electron chi connectivity index (χ0n) is 9.34. The van der Waals surface area contributed by atoms with Gasteiger partial charge in [0, 0.05) is 4.47 Å². The number of hydrogen-bond donors (Lipinski definition) is 2. The third-order valence-electron chi connectivity index (χ3n) is 2.17. The fraction of sp³-hybridized carbons (Fsp3) is 0. The van der Waals surface area contributed by atoms with E-state index in [0.29, 0.717) is 5.56 Å². The highest BCUT2D eigenvalue weighted by atomic mass is 79.9. The first kappa shape index (κ1) is 13.8. The minimum absolute atomic E-state index is 0.0657. The summed E-state index contributed by atoms with van der Waals surface area (Å²) in [6.07, 6.45) is 0.908. The van der Waals surface area contributed by atoms with Crippen molar-refractivity contribution in [3.05, 3.63) is 41.0 Å². The molecule has 0 bridgehead atoms. The van der Waals surface area contributed by atoms with Crippen LogP contribution in [0.25, 0.3) is 11.1 Å². The van der Waals surface area contributed by atoms with Gasteiger partial charge >= 0.3 is 0 Å². The highest BCUT2D eigenvalue weighted by Crippen LogP contribution is 2.29. The van der Waals surface area contributed by atoms with E-state index >= 15 is 0 Å². The zero-order chi connectivity index (χ0) is 14.0. The van der Waals surface area contributed by atoms with Crippen molar-refractivity contribution in [2.75, 3.05) is 4.72 Å². The average molecular weight is 347 g/mol. The number of benzene rings is 1. The maximum absolute atomic E-state index is 13.8. The number of nitrogens with one attached hydrogen (secondary N) is 1. The molecule has 0 atom stereocenters. The van der Waals surface area contributed by atoms with Gasteiger partial charge in [-0.15, -0.1) is 0 Å². The van der Waals surface area contributed by atoms with E-state index in [-0.39, 0.29) is 11.4 Å². The van der Waals surface area contributed by atoms with E-state index < -0.39 is 16.2 Å². The number of halogens is 2. The predicted octanol–water partition coefficient (Wildman–Crippen LogP) is 1.66. The molecule has 0 aliphatic carbocycles. The molecule has 1 aromatic carbocycles. The van der Waals surface area contributed by atoms with Crippen molar-refractivity contribution in [3.63, 3.8) is 0 Å². The number of nitrogens with two attached hydrogens (primary N) is 1. The third-order valence-corrected chi connectivity index (χ3v) is 3.18. The first-order chi connectivity index (χ1) is 8.87. The third kappa shape index (κ3) is 3.46. The number of nitrogens with zero attached hydrogens (tertiary/aromatic N) is 2. The van der Waals surface area contributed by atoms with Crippen LogP contribution in [0.3, 0.4) is 0 Å². The molecule has 19 heavy (non-hydrogen) atoms. The average Bonchev–Trinajstić information content (AvgIpc) is 2.29. The molecule has 0 aliphatic heterocycles. The van der Waals surface area contributed by atoms with E-state index in [1.807, 2.05) is 4.72 Å².